The molecule has 0 atom stereocenters. The van der Waals surface area contributed by atoms with E-state index in [-0.39, 0.29) is 0 Å². The number of rotatable bonds is 2. The third kappa shape index (κ3) is 2.67. The van der Waals surface area contributed by atoms with Gasteiger partial charge < -0.3 is 0 Å². The first-order valence-corrected chi connectivity index (χ1v) is 11.6. The molecule has 0 heteroatoms. The largest absolute Gasteiger partial charge is 0.120 e. The molecular formula is C26H36. The third-order valence-corrected chi connectivity index (χ3v) is 9.81. The second-order valence-electron chi connectivity index (χ2n) is 11.1. The first-order valence-electron chi connectivity index (χ1n) is 11.6. The van der Waals surface area contributed by atoms with Crippen LogP contribution in [0.15, 0.2) is 0 Å². The summed E-state index contributed by atoms with van der Waals surface area (Å²) >= 11 is 0. The van der Waals surface area contributed by atoms with Crippen molar-refractivity contribution in [2.75, 3.05) is 0 Å². The van der Waals surface area contributed by atoms with Gasteiger partial charge >= 0.3 is 0 Å². The van der Waals surface area contributed by atoms with Crippen LogP contribution >= 0.6 is 0 Å². The van der Waals surface area contributed by atoms with Crippen molar-refractivity contribution in [1.82, 2.24) is 0 Å². The molecule has 6 fully saturated rings. The summed E-state index contributed by atoms with van der Waals surface area (Å²) in [4.78, 5) is 0. The van der Waals surface area contributed by atoms with Crippen molar-refractivity contribution in [3.63, 3.8) is 0 Å². The Morgan fingerprint density at radius 1 is 0.577 bits per heavy atom. The van der Waals surface area contributed by atoms with Crippen LogP contribution in [0, 0.1) is 71.0 Å². The van der Waals surface area contributed by atoms with Crippen molar-refractivity contribution in [3.05, 3.63) is 0 Å². The van der Waals surface area contributed by atoms with E-state index < -0.39 is 0 Å². The van der Waals surface area contributed by atoms with Crippen LogP contribution in [0.2, 0.25) is 0 Å². The van der Waals surface area contributed by atoms with Crippen molar-refractivity contribution >= 4 is 0 Å². The predicted molar refractivity (Wildman–Crippen MR) is 108 cm³/mol. The van der Waals surface area contributed by atoms with Gasteiger partial charge in [-0.3, -0.25) is 0 Å². The lowest BCUT2D eigenvalue weighted by molar-refractivity contribution is -0.169. The Hall–Kier alpha value is -0.880. The van der Waals surface area contributed by atoms with Gasteiger partial charge in [0.1, 0.15) is 0 Å². The lowest BCUT2D eigenvalue weighted by Gasteiger charge is -2.67. The summed E-state index contributed by atoms with van der Waals surface area (Å²) in [5, 5.41) is 0. The smallest absolute Gasteiger partial charge is 0.0200 e. The first-order chi connectivity index (χ1) is 12.6. The van der Waals surface area contributed by atoms with Gasteiger partial charge in [-0.05, 0) is 124 Å². The minimum absolute atomic E-state index is 0.577. The zero-order valence-corrected chi connectivity index (χ0v) is 16.5. The molecule has 6 aliphatic rings. The van der Waals surface area contributed by atoms with Gasteiger partial charge in [-0.1, -0.05) is 0 Å². The minimum atomic E-state index is 0.577. The highest BCUT2D eigenvalue weighted by Gasteiger charge is 2.61. The van der Waals surface area contributed by atoms with Crippen LogP contribution in [0.1, 0.15) is 89.9 Å². The molecule has 140 valence electrons. The number of terminal acetylenes is 2. The number of hydrogen-bond acceptors (Lipinski definition) is 0. The Morgan fingerprint density at radius 2 is 0.962 bits per heavy atom. The van der Waals surface area contributed by atoms with Crippen LogP contribution in [0.5, 0.6) is 0 Å². The van der Waals surface area contributed by atoms with Crippen molar-refractivity contribution in [2.24, 2.45) is 46.3 Å². The SMILES string of the molecule is C#CC1CCC(C23CC4CC(C2)CC(C2CCC(C#C)CC2)(C4)C3)CC1. The van der Waals surface area contributed by atoms with Gasteiger partial charge in [0.2, 0.25) is 0 Å². The number of hydrogen-bond donors (Lipinski definition) is 0. The monoisotopic (exact) mass is 348 g/mol. The molecule has 0 aliphatic heterocycles. The molecule has 0 aromatic rings. The van der Waals surface area contributed by atoms with Gasteiger partial charge in [0.25, 0.3) is 0 Å². The summed E-state index contributed by atoms with van der Waals surface area (Å²) in [5.74, 6) is 11.3. The maximum Gasteiger partial charge on any atom is 0.0200 e. The average Bonchev–Trinajstić information content (AvgIpc) is 2.67. The van der Waals surface area contributed by atoms with Crippen molar-refractivity contribution < 1.29 is 0 Å². The van der Waals surface area contributed by atoms with Crippen LogP contribution < -0.4 is 0 Å². The molecule has 6 rings (SSSR count). The molecule has 0 nitrogen and oxygen atoms in total. The van der Waals surface area contributed by atoms with E-state index in [1.54, 1.807) is 38.5 Å². The second kappa shape index (κ2) is 6.33. The first kappa shape index (κ1) is 17.2. The Morgan fingerprint density at radius 3 is 1.31 bits per heavy atom. The van der Waals surface area contributed by atoms with Gasteiger partial charge in [0.05, 0.1) is 0 Å². The maximum absolute atomic E-state index is 5.73. The summed E-state index contributed by atoms with van der Waals surface area (Å²) in [6.07, 6.45) is 31.8. The molecule has 0 spiro atoms. The molecule has 6 saturated carbocycles. The Labute approximate surface area is 161 Å². The molecule has 0 aromatic heterocycles. The van der Waals surface area contributed by atoms with Crippen LogP contribution in [-0.2, 0) is 0 Å². The van der Waals surface area contributed by atoms with Crippen molar-refractivity contribution in [3.8, 4) is 24.7 Å². The van der Waals surface area contributed by atoms with E-state index in [0.717, 1.165) is 23.7 Å². The van der Waals surface area contributed by atoms with Crippen LogP contribution in [0.4, 0.5) is 0 Å². The van der Waals surface area contributed by atoms with Gasteiger partial charge in [-0.2, -0.15) is 0 Å². The summed E-state index contributed by atoms with van der Waals surface area (Å²) in [6, 6.07) is 0. The Kier molecular flexibility index (Phi) is 4.20. The quantitative estimate of drug-likeness (QED) is 0.503. The standard InChI is InChI=1S/C26H36/c1-3-19-5-9-23(10-6-19)25-14-21-13-22(15-25)17-26(16-21,18-25)24-11-7-20(4-2)8-12-24/h1-2,19-24H,5-18H2. The van der Waals surface area contributed by atoms with E-state index in [9.17, 15) is 0 Å². The van der Waals surface area contributed by atoms with Crippen LogP contribution in [0.25, 0.3) is 0 Å². The summed E-state index contributed by atoms with van der Waals surface area (Å²) in [7, 11) is 0. The zero-order valence-electron chi connectivity index (χ0n) is 16.5. The van der Waals surface area contributed by atoms with E-state index in [2.05, 4.69) is 11.8 Å². The third-order valence-electron chi connectivity index (χ3n) is 9.81. The fourth-order valence-electron chi connectivity index (χ4n) is 9.11. The highest BCUT2D eigenvalue weighted by molar-refractivity contribution is 5.13. The minimum Gasteiger partial charge on any atom is -0.120 e. The van der Waals surface area contributed by atoms with E-state index in [4.69, 9.17) is 12.8 Å². The van der Waals surface area contributed by atoms with Crippen LogP contribution in [-0.4, -0.2) is 0 Å². The molecule has 0 aromatic carbocycles. The molecule has 0 heterocycles. The van der Waals surface area contributed by atoms with Gasteiger partial charge in [0.15, 0.2) is 0 Å². The lowest BCUT2D eigenvalue weighted by atomic mass is 9.38. The average molecular weight is 349 g/mol. The highest BCUT2D eigenvalue weighted by Crippen LogP contribution is 2.71. The van der Waals surface area contributed by atoms with Gasteiger partial charge in [-0.25, -0.2) is 0 Å². The van der Waals surface area contributed by atoms with E-state index in [0.29, 0.717) is 22.7 Å². The molecular weight excluding hydrogens is 312 g/mol. The molecule has 0 amide bonds. The lowest BCUT2D eigenvalue weighted by Crippen LogP contribution is -2.57. The van der Waals surface area contributed by atoms with Gasteiger partial charge in [0, 0.05) is 11.8 Å². The normalized spacial score (nSPS) is 53.0. The predicted octanol–water partition coefficient (Wildman–Crippen LogP) is 6.45. The van der Waals surface area contributed by atoms with Gasteiger partial charge in [-0.15, -0.1) is 24.7 Å². The Balaban J connectivity index is 1.37. The molecule has 0 N–H and O–H groups in total. The second-order valence-corrected chi connectivity index (χ2v) is 11.1. The fraction of sp³-hybridized carbons (Fsp3) is 0.846. The fourth-order valence-corrected chi connectivity index (χ4v) is 9.11. The summed E-state index contributed by atoms with van der Waals surface area (Å²) in [5.41, 5.74) is 1.40. The summed E-state index contributed by atoms with van der Waals surface area (Å²) in [6.45, 7) is 0. The topological polar surface area (TPSA) is 0 Å². The summed E-state index contributed by atoms with van der Waals surface area (Å²) < 4.78 is 0. The molecule has 4 bridgehead atoms. The van der Waals surface area contributed by atoms with E-state index >= 15 is 0 Å². The molecule has 0 saturated heterocycles. The van der Waals surface area contributed by atoms with Crippen molar-refractivity contribution in [1.29, 1.82) is 0 Å². The Bertz CT molecular complexity index is 545. The van der Waals surface area contributed by atoms with E-state index in [1.165, 1.54) is 51.4 Å². The maximum atomic E-state index is 5.73. The highest BCUT2D eigenvalue weighted by atomic mass is 14.7. The molecule has 0 unspecified atom stereocenters. The zero-order chi connectivity index (χ0) is 17.8. The molecule has 0 radical (unpaired) electrons. The van der Waals surface area contributed by atoms with Crippen LogP contribution in [0.3, 0.4) is 0 Å². The molecule has 26 heavy (non-hydrogen) atoms. The van der Waals surface area contributed by atoms with E-state index in [1.807, 2.05) is 0 Å². The molecule has 6 aliphatic carbocycles. The van der Waals surface area contributed by atoms with Crippen molar-refractivity contribution in [2.45, 2.75) is 89.9 Å².